The van der Waals surface area contributed by atoms with Crippen molar-refractivity contribution in [2.75, 3.05) is 20.2 Å². The molecule has 10 nitrogen and oxygen atoms in total. The van der Waals surface area contributed by atoms with Gasteiger partial charge in [0, 0.05) is 62.1 Å². The molecule has 0 spiro atoms. The zero-order chi connectivity index (χ0) is 31.0. The van der Waals surface area contributed by atoms with Gasteiger partial charge in [0.2, 0.25) is 0 Å². The van der Waals surface area contributed by atoms with E-state index in [0.717, 1.165) is 58.8 Å². The van der Waals surface area contributed by atoms with E-state index in [-0.39, 0.29) is 30.0 Å². The zero-order valence-corrected chi connectivity index (χ0v) is 26.0. The van der Waals surface area contributed by atoms with E-state index in [0.29, 0.717) is 11.4 Å². The van der Waals surface area contributed by atoms with Crippen molar-refractivity contribution in [1.29, 1.82) is 0 Å². The number of ether oxygens (including phenoxy) is 2. The highest BCUT2D eigenvalue weighted by Gasteiger charge is 2.27. The Kier molecular flexibility index (Phi) is 8.40. The number of halogens is 1. The Morgan fingerprint density at radius 1 is 1.05 bits per heavy atom. The van der Waals surface area contributed by atoms with Gasteiger partial charge < -0.3 is 14.0 Å². The first kappa shape index (κ1) is 29.8. The molecule has 0 radical (unpaired) electrons. The smallest absolute Gasteiger partial charge is 0.331 e. The van der Waals surface area contributed by atoms with E-state index in [4.69, 9.17) is 26.1 Å². The van der Waals surface area contributed by atoms with E-state index >= 15 is 0 Å². The summed E-state index contributed by atoms with van der Waals surface area (Å²) in [6.07, 6.45) is 5.53. The molecule has 0 bridgehead atoms. The summed E-state index contributed by atoms with van der Waals surface area (Å²) >= 11 is 6.61. The van der Waals surface area contributed by atoms with Crippen LogP contribution in [0.3, 0.4) is 0 Å². The van der Waals surface area contributed by atoms with Crippen molar-refractivity contribution >= 4 is 17.1 Å². The monoisotopic (exact) mass is 614 g/mol. The number of benzene rings is 2. The molecule has 1 aliphatic rings. The number of methoxy groups -OCH3 is 1. The highest BCUT2D eigenvalue weighted by Crippen LogP contribution is 2.33. The van der Waals surface area contributed by atoms with Crippen molar-refractivity contribution in [2.24, 2.45) is 7.05 Å². The summed E-state index contributed by atoms with van der Waals surface area (Å²) in [5.74, 6) is 0.847. The minimum absolute atomic E-state index is 0.0306. The SMILES string of the molecule is COc1ccc(CN2CC(Cc3c(C)cc(Cl)cc3-c3ncnn4cc(Cn5c(=O)ccn(C)c5=O)cc34)O[C@@H](C)C2)cc1. The summed E-state index contributed by atoms with van der Waals surface area (Å²) in [6.45, 7) is 6.76. The van der Waals surface area contributed by atoms with E-state index in [1.54, 1.807) is 18.7 Å². The van der Waals surface area contributed by atoms with Gasteiger partial charge in [0.05, 0.1) is 37.1 Å². The molecule has 11 heteroatoms. The van der Waals surface area contributed by atoms with Crippen LogP contribution in [0.15, 0.2) is 76.8 Å². The molecule has 1 aliphatic heterocycles. The van der Waals surface area contributed by atoms with Crippen LogP contribution in [0.1, 0.15) is 29.2 Å². The Hall–Kier alpha value is -4.25. The molecule has 0 N–H and O–H groups in total. The molecule has 1 unspecified atom stereocenters. The highest BCUT2D eigenvalue weighted by molar-refractivity contribution is 6.31. The van der Waals surface area contributed by atoms with Gasteiger partial charge >= 0.3 is 5.69 Å². The number of aryl methyl sites for hydroxylation is 2. The van der Waals surface area contributed by atoms with Gasteiger partial charge in [-0.1, -0.05) is 23.7 Å². The van der Waals surface area contributed by atoms with Crippen molar-refractivity contribution in [2.45, 2.75) is 45.6 Å². The predicted octanol–water partition coefficient (Wildman–Crippen LogP) is 4.11. The zero-order valence-electron chi connectivity index (χ0n) is 25.2. The first-order valence-corrected chi connectivity index (χ1v) is 14.9. The van der Waals surface area contributed by atoms with E-state index in [1.165, 1.54) is 33.3 Å². The highest BCUT2D eigenvalue weighted by atomic mass is 35.5. The predicted molar refractivity (Wildman–Crippen MR) is 170 cm³/mol. The van der Waals surface area contributed by atoms with E-state index in [2.05, 4.69) is 36.0 Å². The molecule has 4 heterocycles. The molecule has 0 aliphatic carbocycles. The Morgan fingerprint density at radius 3 is 2.61 bits per heavy atom. The molecule has 44 heavy (non-hydrogen) atoms. The maximum Gasteiger partial charge on any atom is 0.331 e. The van der Waals surface area contributed by atoms with Crippen LogP contribution in [0, 0.1) is 6.92 Å². The number of fused-ring (bicyclic) bond motifs is 1. The van der Waals surface area contributed by atoms with Gasteiger partial charge in [-0.25, -0.2) is 14.3 Å². The van der Waals surface area contributed by atoms with Crippen LogP contribution in [0.25, 0.3) is 16.8 Å². The number of nitrogens with zero attached hydrogens (tertiary/aromatic N) is 6. The van der Waals surface area contributed by atoms with Crippen molar-refractivity contribution in [3.63, 3.8) is 0 Å². The first-order valence-electron chi connectivity index (χ1n) is 14.6. The number of rotatable bonds is 8. The van der Waals surface area contributed by atoms with Gasteiger partial charge in [0.15, 0.2) is 0 Å². The fourth-order valence-corrected chi connectivity index (χ4v) is 6.35. The third-order valence-corrected chi connectivity index (χ3v) is 8.35. The number of hydrogen-bond donors (Lipinski definition) is 0. The lowest BCUT2D eigenvalue weighted by atomic mass is 9.93. The molecule has 2 atom stereocenters. The maximum atomic E-state index is 12.6. The van der Waals surface area contributed by atoms with Gasteiger partial charge in [-0.05, 0) is 66.4 Å². The van der Waals surface area contributed by atoms with Crippen LogP contribution in [0.5, 0.6) is 5.75 Å². The molecule has 5 aromatic rings. The molecule has 1 fully saturated rings. The Balaban J connectivity index is 1.31. The van der Waals surface area contributed by atoms with E-state index in [1.807, 2.05) is 36.5 Å². The fraction of sp³-hybridized carbons (Fsp3) is 0.333. The summed E-state index contributed by atoms with van der Waals surface area (Å²) in [6, 6.07) is 15.4. The minimum Gasteiger partial charge on any atom is -0.497 e. The third-order valence-electron chi connectivity index (χ3n) is 8.13. The van der Waals surface area contributed by atoms with Gasteiger partial charge in [0.25, 0.3) is 5.56 Å². The molecule has 2 aromatic carbocycles. The van der Waals surface area contributed by atoms with Crippen molar-refractivity contribution < 1.29 is 9.47 Å². The molecular weight excluding hydrogens is 580 g/mol. The van der Waals surface area contributed by atoms with Crippen LogP contribution in [0.4, 0.5) is 0 Å². The molecule has 0 saturated carbocycles. The molecule has 3 aromatic heterocycles. The fourth-order valence-electron chi connectivity index (χ4n) is 6.07. The lowest BCUT2D eigenvalue weighted by Gasteiger charge is -2.37. The standard InChI is InChI=1S/C33H35ClN6O4/c1-21-11-25(34)13-29(28(21)14-27-19-38(15-22(2)44-27)16-23-5-7-26(43-4)8-6-23)32-30-12-24(18-40(30)36-20-35-32)17-39-31(41)9-10-37(3)33(39)42/h5-13,18,20,22,27H,14-17,19H2,1-4H3/t22-,27?/m0/s1. The second-order valence-corrected chi connectivity index (χ2v) is 11.9. The van der Waals surface area contributed by atoms with Crippen LogP contribution >= 0.6 is 11.6 Å². The average Bonchev–Trinajstić information content (AvgIpc) is 3.42. The van der Waals surface area contributed by atoms with E-state index in [9.17, 15) is 9.59 Å². The summed E-state index contributed by atoms with van der Waals surface area (Å²) in [7, 11) is 3.30. The number of aromatic nitrogens is 5. The average molecular weight is 615 g/mol. The summed E-state index contributed by atoms with van der Waals surface area (Å²) in [5.41, 5.74) is 5.79. The Morgan fingerprint density at radius 2 is 1.84 bits per heavy atom. The van der Waals surface area contributed by atoms with Crippen molar-refractivity contribution in [1.82, 2.24) is 28.6 Å². The molecular formula is C33H35ClN6O4. The van der Waals surface area contributed by atoms with Crippen LogP contribution < -0.4 is 16.0 Å². The van der Waals surface area contributed by atoms with Gasteiger partial charge in [-0.2, -0.15) is 5.10 Å². The quantitative estimate of drug-likeness (QED) is 0.260. The van der Waals surface area contributed by atoms with Gasteiger partial charge in [-0.3, -0.25) is 14.3 Å². The van der Waals surface area contributed by atoms with Gasteiger partial charge in [-0.15, -0.1) is 0 Å². The minimum atomic E-state index is -0.380. The van der Waals surface area contributed by atoms with Gasteiger partial charge in [0.1, 0.15) is 12.1 Å². The largest absolute Gasteiger partial charge is 0.497 e. The molecule has 1 saturated heterocycles. The summed E-state index contributed by atoms with van der Waals surface area (Å²) in [5, 5.41) is 5.03. The number of morpholine rings is 1. The topological polar surface area (TPSA) is 95.9 Å². The van der Waals surface area contributed by atoms with Crippen molar-refractivity contribution in [3.8, 4) is 17.0 Å². The lowest BCUT2D eigenvalue weighted by Crippen LogP contribution is -2.47. The second kappa shape index (κ2) is 12.4. The van der Waals surface area contributed by atoms with E-state index < -0.39 is 0 Å². The normalized spacial score (nSPS) is 17.3. The third kappa shape index (κ3) is 6.19. The second-order valence-electron chi connectivity index (χ2n) is 11.5. The Labute approximate surface area is 260 Å². The summed E-state index contributed by atoms with van der Waals surface area (Å²) < 4.78 is 16.1. The van der Waals surface area contributed by atoms with Crippen LogP contribution in [0.2, 0.25) is 5.02 Å². The maximum absolute atomic E-state index is 12.6. The first-order chi connectivity index (χ1) is 21.2. The van der Waals surface area contributed by atoms with Crippen LogP contribution in [-0.4, -0.2) is 61.0 Å². The molecule has 0 amide bonds. The molecule has 228 valence electrons. The van der Waals surface area contributed by atoms with Crippen LogP contribution in [-0.2, 0) is 31.3 Å². The van der Waals surface area contributed by atoms with Crippen molar-refractivity contribution in [3.05, 3.63) is 115 Å². The Bertz CT molecular complexity index is 1930. The number of hydrogen-bond acceptors (Lipinski definition) is 7. The summed E-state index contributed by atoms with van der Waals surface area (Å²) in [4.78, 5) is 32.2. The lowest BCUT2D eigenvalue weighted by molar-refractivity contribution is -0.0784. The molecule has 6 rings (SSSR count).